The Labute approximate surface area is 119 Å². The molecule has 19 heavy (non-hydrogen) atoms. The molecule has 0 atom stereocenters. The lowest BCUT2D eigenvalue weighted by molar-refractivity contribution is 0.311. The van der Waals surface area contributed by atoms with E-state index in [9.17, 15) is 0 Å². The zero-order chi connectivity index (χ0) is 13.5. The molecule has 0 aromatic heterocycles. The lowest BCUT2D eigenvalue weighted by Gasteiger charge is -2.10. The molecule has 0 saturated carbocycles. The molecular formula is C16H18ClNO. The number of hydrogen-bond donors (Lipinski definition) is 1. The predicted octanol–water partition coefficient (Wildman–Crippen LogP) is 3.82. The summed E-state index contributed by atoms with van der Waals surface area (Å²) in [5.41, 5.74) is 2.27. The van der Waals surface area contributed by atoms with Crippen molar-refractivity contribution in [3.63, 3.8) is 0 Å². The molecule has 0 saturated heterocycles. The van der Waals surface area contributed by atoms with Crippen LogP contribution in [0.5, 0.6) is 5.75 Å². The minimum atomic E-state index is 0.648. The fourth-order valence-electron chi connectivity index (χ4n) is 1.82. The summed E-state index contributed by atoms with van der Waals surface area (Å²) in [5.74, 6) is 0.946. The highest BCUT2D eigenvalue weighted by atomic mass is 35.5. The third kappa shape index (κ3) is 4.27. The largest absolute Gasteiger partial charge is 0.492 e. The Hall–Kier alpha value is -1.51. The first kappa shape index (κ1) is 13.9. The molecule has 2 aromatic carbocycles. The van der Waals surface area contributed by atoms with Crippen molar-refractivity contribution < 1.29 is 4.74 Å². The number of para-hydroxylation sites is 1. The molecular weight excluding hydrogens is 258 g/mol. The Morgan fingerprint density at radius 1 is 1.05 bits per heavy atom. The molecule has 0 unspecified atom stereocenters. The van der Waals surface area contributed by atoms with Crippen molar-refractivity contribution >= 4 is 11.6 Å². The summed E-state index contributed by atoms with van der Waals surface area (Å²) in [4.78, 5) is 0. The Morgan fingerprint density at radius 3 is 2.58 bits per heavy atom. The van der Waals surface area contributed by atoms with Crippen LogP contribution < -0.4 is 10.1 Å². The third-order valence-corrected chi connectivity index (χ3v) is 3.27. The van der Waals surface area contributed by atoms with Crippen LogP contribution >= 0.6 is 11.6 Å². The summed E-state index contributed by atoms with van der Waals surface area (Å²) in [6.07, 6.45) is 0. The summed E-state index contributed by atoms with van der Waals surface area (Å²) in [5, 5.41) is 4.12. The van der Waals surface area contributed by atoms with Gasteiger partial charge in [0.15, 0.2) is 0 Å². The van der Waals surface area contributed by atoms with Gasteiger partial charge in [-0.3, -0.25) is 0 Å². The van der Waals surface area contributed by atoms with Crippen LogP contribution in [0.3, 0.4) is 0 Å². The number of ether oxygens (including phenoxy) is 1. The van der Waals surface area contributed by atoms with Crippen LogP contribution in [-0.4, -0.2) is 13.2 Å². The average Bonchev–Trinajstić information content (AvgIpc) is 2.42. The van der Waals surface area contributed by atoms with E-state index < -0.39 is 0 Å². The Balaban J connectivity index is 1.71. The van der Waals surface area contributed by atoms with Gasteiger partial charge < -0.3 is 10.1 Å². The molecule has 3 heteroatoms. The predicted molar refractivity (Wildman–Crippen MR) is 79.8 cm³/mol. The smallest absolute Gasteiger partial charge is 0.122 e. The van der Waals surface area contributed by atoms with Gasteiger partial charge in [-0.05, 0) is 30.2 Å². The van der Waals surface area contributed by atoms with Crippen LogP contribution in [0.1, 0.15) is 11.1 Å². The maximum atomic E-state index is 6.08. The average molecular weight is 276 g/mol. The number of nitrogens with one attached hydrogen (secondary N) is 1. The molecule has 0 aliphatic rings. The lowest BCUT2D eigenvalue weighted by Crippen LogP contribution is -2.20. The van der Waals surface area contributed by atoms with E-state index in [-0.39, 0.29) is 0 Å². The lowest BCUT2D eigenvalue weighted by atomic mass is 10.2. The molecule has 0 radical (unpaired) electrons. The molecule has 1 N–H and O–H groups in total. The number of benzene rings is 2. The highest BCUT2D eigenvalue weighted by Crippen LogP contribution is 2.16. The normalized spacial score (nSPS) is 10.4. The molecule has 0 heterocycles. The summed E-state index contributed by atoms with van der Waals surface area (Å²) >= 11 is 6.08. The molecule has 0 fully saturated rings. The van der Waals surface area contributed by atoms with Crippen molar-refractivity contribution in [3.05, 3.63) is 64.7 Å². The van der Waals surface area contributed by atoms with Gasteiger partial charge in [0.2, 0.25) is 0 Å². The van der Waals surface area contributed by atoms with Crippen LogP contribution in [0.4, 0.5) is 0 Å². The second kappa shape index (κ2) is 7.17. The fourth-order valence-corrected chi connectivity index (χ4v) is 2.02. The molecule has 0 aliphatic heterocycles. The molecule has 0 aliphatic carbocycles. The molecule has 100 valence electrons. The standard InChI is InChI=1S/C16H18ClNO/c1-13-6-2-5-9-16(13)19-11-10-18-12-14-7-3-4-8-15(14)17/h2-9,18H,10-12H2,1H3. The Kier molecular flexibility index (Phi) is 5.25. The monoisotopic (exact) mass is 275 g/mol. The first-order valence-corrected chi connectivity index (χ1v) is 6.78. The van der Waals surface area contributed by atoms with Crippen molar-refractivity contribution in [2.24, 2.45) is 0 Å². The fraction of sp³-hybridized carbons (Fsp3) is 0.250. The molecule has 0 bridgehead atoms. The van der Waals surface area contributed by atoms with Gasteiger partial charge in [-0.15, -0.1) is 0 Å². The van der Waals surface area contributed by atoms with Gasteiger partial charge in [0, 0.05) is 18.1 Å². The third-order valence-electron chi connectivity index (χ3n) is 2.90. The van der Waals surface area contributed by atoms with Crippen molar-refractivity contribution in [3.8, 4) is 5.75 Å². The minimum Gasteiger partial charge on any atom is -0.492 e. The zero-order valence-electron chi connectivity index (χ0n) is 11.0. The van der Waals surface area contributed by atoms with E-state index in [1.165, 1.54) is 0 Å². The van der Waals surface area contributed by atoms with E-state index in [1.807, 2.05) is 55.5 Å². The molecule has 2 aromatic rings. The topological polar surface area (TPSA) is 21.3 Å². The highest BCUT2D eigenvalue weighted by Gasteiger charge is 1.99. The first-order chi connectivity index (χ1) is 9.27. The van der Waals surface area contributed by atoms with E-state index in [4.69, 9.17) is 16.3 Å². The van der Waals surface area contributed by atoms with E-state index in [2.05, 4.69) is 5.32 Å². The minimum absolute atomic E-state index is 0.648. The Morgan fingerprint density at radius 2 is 1.79 bits per heavy atom. The zero-order valence-corrected chi connectivity index (χ0v) is 11.8. The first-order valence-electron chi connectivity index (χ1n) is 6.40. The number of hydrogen-bond acceptors (Lipinski definition) is 2. The highest BCUT2D eigenvalue weighted by molar-refractivity contribution is 6.31. The number of rotatable bonds is 6. The van der Waals surface area contributed by atoms with Crippen molar-refractivity contribution in [1.29, 1.82) is 0 Å². The van der Waals surface area contributed by atoms with Crippen LogP contribution in [0.15, 0.2) is 48.5 Å². The van der Waals surface area contributed by atoms with Gasteiger partial charge in [-0.2, -0.15) is 0 Å². The van der Waals surface area contributed by atoms with Crippen LogP contribution in [0.25, 0.3) is 0 Å². The summed E-state index contributed by atoms with van der Waals surface area (Å²) in [6, 6.07) is 15.9. The number of aryl methyl sites for hydroxylation is 1. The van der Waals surface area contributed by atoms with E-state index in [0.29, 0.717) is 6.61 Å². The van der Waals surface area contributed by atoms with Gasteiger partial charge in [0.1, 0.15) is 12.4 Å². The molecule has 2 nitrogen and oxygen atoms in total. The quantitative estimate of drug-likeness (QED) is 0.810. The van der Waals surface area contributed by atoms with E-state index in [1.54, 1.807) is 0 Å². The molecule has 2 rings (SSSR count). The molecule has 0 amide bonds. The van der Waals surface area contributed by atoms with Gasteiger partial charge in [-0.25, -0.2) is 0 Å². The maximum absolute atomic E-state index is 6.08. The van der Waals surface area contributed by atoms with Crippen molar-refractivity contribution in [1.82, 2.24) is 5.32 Å². The number of halogens is 1. The van der Waals surface area contributed by atoms with E-state index >= 15 is 0 Å². The van der Waals surface area contributed by atoms with E-state index in [0.717, 1.165) is 35.0 Å². The second-order valence-corrected chi connectivity index (χ2v) is 4.79. The van der Waals surface area contributed by atoms with Crippen molar-refractivity contribution in [2.75, 3.05) is 13.2 Å². The summed E-state index contributed by atoms with van der Waals surface area (Å²) in [7, 11) is 0. The summed E-state index contributed by atoms with van der Waals surface area (Å²) in [6.45, 7) is 4.25. The van der Waals surface area contributed by atoms with Gasteiger partial charge in [0.25, 0.3) is 0 Å². The maximum Gasteiger partial charge on any atom is 0.122 e. The van der Waals surface area contributed by atoms with Gasteiger partial charge in [-0.1, -0.05) is 48.0 Å². The van der Waals surface area contributed by atoms with Crippen molar-refractivity contribution in [2.45, 2.75) is 13.5 Å². The Bertz CT molecular complexity index is 480. The SMILES string of the molecule is Cc1ccccc1OCCNCc1ccccc1Cl. The van der Waals surface area contributed by atoms with Gasteiger partial charge >= 0.3 is 0 Å². The summed E-state index contributed by atoms with van der Waals surface area (Å²) < 4.78 is 5.71. The van der Waals surface area contributed by atoms with Gasteiger partial charge in [0.05, 0.1) is 0 Å². The van der Waals surface area contributed by atoms with Crippen LogP contribution in [0, 0.1) is 6.92 Å². The molecule has 0 spiro atoms. The van der Waals surface area contributed by atoms with Crippen LogP contribution in [-0.2, 0) is 6.54 Å². The van der Waals surface area contributed by atoms with Crippen LogP contribution in [0.2, 0.25) is 5.02 Å². The second-order valence-electron chi connectivity index (χ2n) is 4.38.